The van der Waals surface area contributed by atoms with E-state index in [1.807, 2.05) is 84.9 Å². The van der Waals surface area contributed by atoms with Crippen molar-refractivity contribution < 1.29 is 0 Å². The predicted molar refractivity (Wildman–Crippen MR) is 174 cm³/mol. The van der Waals surface area contributed by atoms with Crippen molar-refractivity contribution in [2.45, 2.75) is 34.9 Å². The Morgan fingerprint density at radius 3 is 1.36 bits per heavy atom. The summed E-state index contributed by atoms with van der Waals surface area (Å²) in [6.45, 7) is 0.474. The van der Waals surface area contributed by atoms with Crippen molar-refractivity contribution in [3.8, 4) is 0 Å². The molecule has 2 heterocycles. The standard InChI is InChI=1S/C32H24Cl2N4O2S2/c33-25-13-5-1-9-21(25)19-41-31-35-27-15-7-3-11-23(27)29(39)37(31)17-18-38-30(40)24-12-4-8-16-28(24)36-32(38)42-20-22-10-2-6-14-26(22)34/h1-16H,17-20H2. The second kappa shape index (κ2) is 12.8. The number of aromatic nitrogens is 4. The molecule has 6 rings (SSSR count). The minimum Gasteiger partial charge on any atom is -0.285 e. The molecule has 0 bridgehead atoms. The fourth-order valence-electron chi connectivity index (χ4n) is 4.63. The van der Waals surface area contributed by atoms with Gasteiger partial charge < -0.3 is 0 Å². The summed E-state index contributed by atoms with van der Waals surface area (Å²) in [6, 6.07) is 29.9. The van der Waals surface area contributed by atoms with Gasteiger partial charge in [0.1, 0.15) is 0 Å². The maximum atomic E-state index is 13.7. The number of benzene rings is 4. The van der Waals surface area contributed by atoms with Crippen LogP contribution in [0.1, 0.15) is 11.1 Å². The zero-order valence-corrected chi connectivity index (χ0v) is 25.4. The van der Waals surface area contributed by atoms with E-state index in [-0.39, 0.29) is 24.2 Å². The Hall–Kier alpha value is -3.56. The highest BCUT2D eigenvalue weighted by molar-refractivity contribution is 7.98. The molecular weight excluding hydrogens is 607 g/mol. The zero-order valence-electron chi connectivity index (χ0n) is 22.2. The second-order valence-corrected chi connectivity index (χ2v) is 12.2. The molecule has 0 spiro atoms. The second-order valence-electron chi connectivity index (χ2n) is 9.50. The van der Waals surface area contributed by atoms with Gasteiger partial charge >= 0.3 is 0 Å². The van der Waals surface area contributed by atoms with Crippen LogP contribution in [0.4, 0.5) is 0 Å². The molecular formula is C32H24Cl2N4O2S2. The molecule has 0 aliphatic heterocycles. The van der Waals surface area contributed by atoms with Crippen molar-refractivity contribution in [3.63, 3.8) is 0 Å². The molecule has 0 unspecified atom stereocenters. The molecule has 0 N–H and O–H groups in total. The van der Waals surface area contributed by atoms with Crippen LogP contribution in [-0.2, 0) is 24.6 Å². The van der Waals surface area contributed by atoms with Crippen LogP contribution < -0.4 is 11.1 Å². The summed E-state index contributed by atoms with van der Waals surface area (Å²) >= 11 is 15.7. The number of hydrogen-bond acceptors (Lipinski definition) is 6. The molecule has 0 fully saturated rings. The van der Waals surface area contributed by atoms with Crippen LogP contribution in [0.3, 0.4) is 0 Å². The third-order valence-corrected chi connectivity index (χ3v) is 9.62. The van der Waals surface area contributed by atoms with Crippen LogP contribution >= 0.6 is 46.7 Å². The van der Waals surface area contributed by atoms with E-state index in [2.05, 4.69) is 0 Å². The summed E-state index contributed by atoms with van der Waals surface area (Å²) in [4.78, 5) is 37.1. The lowest BCUT2D eigenvalue weighted by Crippen LogP contribution is -2.30. The number of para-hydroxylation sites is 2. The van der Waals surface area contributed by atoms with E-state index in [1.165, 1.54) is 23.5 Å². The first-order valence-corrected chi connectivity index (χ1v) is 15.9. The van der Waals surface area contributed by atoms with Gasteiger partial charge in [0.25, 0.3) is 11.1 Å². The molecule has 0 saturated heterocycles. The Kier molecular flexibility index (Phi) is 8.67. The molecule has 10 heteroatoms. The maximum Gasteiger partial charge on any atom is 0.262 e. The summed E-state index contributed by atoms with van der Waals surface area (Å²) in [6.07, 6.45) is 0. The minimum atomic E-state index is -0.158. The van der Waals surface area contributed by atoms with Crippen LogP contribution in [0.2, 0.25) is 10.0 Å². The van der Waals surface area contributed by atoms with E-state index in [0.717, 1.165) is 11.1 Å². The average molecular weight is 632 g/mol. The van der Waals surface area contributed by atoms with Crippen molar-refractivity contribution in [1.82, 2.24) is 19.1 Å². The van der Waals surface area contributed by atoms with Gasteiger partial charge in [-0.05, 0) is 47.5 Å². The first-order chi connectivity index (χ1) is 20.5. The third kappa shape index (κ3) is 5.99. The van der Waals surface area contributed by atoms with Gasteiger partial charge in [-0.1, -0.05) is 107 Å². The number of hydrogen-bond donors (Lipinski definition) is 0. The number of fused-ring (bicyclic) bond motifs is 2. The lowest BCUT2D eigenvalue weighted by Gasteiger charge is -2.17. The Morgan fingerprint density at radius 2 is 0.929 bits per heavy atom. The predicted octanol–water partition coefficient (Wildman–Crippen LogP) is 7.70. The molecule has 6 aromatic rings. The van der Waals surface area contributed by atoms with Gasteiger partial charge in [0.2, 0.25) is 0 Å². The van der Waals surface area contributed by atoms with E-state index < -0.39 is 0 Å². The number of rotatable bonds is 9. The normalized spacial score (nSPS) is 11.4. The van der Waals surface area contributed by atoms with Gasteiger partial charge in [-0.2, -0.15) is 0 Å². The summed E-state index contributed by atoms with van der Waals surface area (Å²) < 4.78 is 3.29. The van der Waals surface area contributed by atoms with E-state index in [0.29, 0.717) is 53.7 Å². The highest BCUT2D eigenvalue weighted by Crippen LogP contribution is 2.28. The van der Waals surface area contributed by atoms with Gasteiger partial charge in [-0.15, -0.1) is 0 Å². The molecule has 4 aromatic carbocycles. The topological polar surface area (TPSA) is 69.8 Å². The molecule has 0 amide bonds. The smallest absolute Gasteiger partial charge is 0.262 e. The van der Waals surface area contributed by atoms with Gasteiger partial charge in [0, 0.05) is 34.6 Å². The van der Waals surface area contributed by atoms with E-state index in [1.54, 1.807) is 21.3 Å². The van der Waals surface area contributed by atoms with Crippen LogP contribution in [0.15, 0.2) is 117 Å². The van der Waals surface area contributed by atoms with Crippen LogP contribution in [0.5, 0.6) is 0 Å². The maximum absolute atomic E-state index is 13.7. The van der Waals surface area contributed by atoms with E-state index >= 15 is 0 Å². The minimum absolute atomic E-state index is 0.158. The summed E-state index contributed by atoms with van der Waals surface area (Å²) in [5.74, 6) is 1.09. The van der Waals surface area contributed by atoms with Crippen molar-refractivity contribution in [1.29, 1.82) is 0 Å². The summed E-state index contributed by atoms with van der Waals surface area (Å²) in [7, 11) is 0. The largest absolute Gasteiger partial charge is 0.285 e. The van der Waals surface area contributed by atoms with E-state index in [4.69, 9.17) is 33.2 Å². The monoisotopic (exact) mass is 630 g/mol. The van der Waals surface area contributed by atoms with Crippen LogP contribution in [0, 0.1) is 0 Å². The summed E-state index contributed by atoms with van der Waals surface area (Å²) in [5.41, 5.74) is 2.84. The third-order valence-electron chi connectivity index (χ3n) is 6.83. The van der Waals surface area contributed by atoms with Crippen LogP contribution in [-0.4, -0.2) is 19.1 Å². The number of halogens is 2. The van der Waals surface area contributed by atoms with Crippen molar-refractivity contribution >= 4 is 68.5 Å². The van der Waals surface area contributed by atoms with Crippen LogP contribution in [0.25, 0.3) is 21.8 Å². The molecule has 0 radical (unpaired) electrons. The Morgan fingerprint density at radius 1 is 0.548 bits per heavy atom. The quantitative estimate of drug-likeness (QED) is 0.120. The fraction of sp³-hybridized carbons (Fsp3) is 0.125. The highest BCUT2D eigenvalue weighted by atomic mass is 35.5. The van der Waals surface area contributed by atoms with E-state index in [9.17, 15) is 9.59 Å². The molecule has 0 aliphatic carbocycles. The van der Waals surface area contributed by atoms with Gasteiger partial charge in [-0.25, -0.2) is 9.97 Å². The first-order valence-electron chi connectivity index (χ1n) is 13.2. The molecule has 0 aliphatic rings. The molecule has 0 saturated carbocycles. The van der Waals surface area contributed by atoms with Crippen molar-refractivity contribution in [3.05, 3.63) is 139 Å². The Balaban J connectivity index is 1.37. The van der Waals surface area contributed by atoms with Gasteiger partial charge in [0.15, 0.2) is 10.3 Å². The van der Waals surface area contributed by atoms with Gasteiger partial charge in [-0.3, -0.25) is 18.7 Å². The first kappa shape index (κ1) is 28.6. The lowest BCUT2D eigenvalue weighted by atomic mass is 10.2. The lowest BCUT2D eigenvalue weighted by molar-refractivity contribution is 0.486. The zero-order chi connectivity index (χ0) is 29.1. The average Bonchev–Trinajstić information content (AvgIpc) is 3.01. The fourth-order valence-corrected chi connectivity index (χ4v) is 7.25. The summed E-state index contributed by atoms with van der Waals surface area (Å²) in [5, 5.41) is 3.49. The molecule has 2 aromatic heterocycles. The number of thioether (sulfide) groups is 2. The Labute approximate surface area is 260 Å². The highest BCUT2D eigenvalue weighted by Gasteiger charge is 2.16. The van der Waals surface area contributed by atoms with Crippen molar-refractivity contribution in [2.24, 2.45) is 0 Å². The SMILES string of the molecule is O=c1c2ccccc2nc(SCc2ccccc2Cl)n1CCn1c(SCc2ccccc2Cl)nc2ccccc2c1=O. The Bertz CT molecular complexity index is 1900. The molecule has 6 nitrogen and oxygen atoms in total. The van der Waals surface area contributed by atoms with Crippen molar-refractivity contribution in [2.75, 3.05) is 0 Å². The molecule has 0 atom stereocenters. The van der Waals surface area contributed by atoms with Gasteiger partial charge in [0.05, 0.1) is 21.8 Å². The molecule has 210 valence electrons. The molecule has 42 heavy (non-hydrogen) atoms. The number of nitrogens with zero attached hydrogens (tertiary/aromatic N) is 4.